The maximum absolute atomic E-state index is 5.81. The SMILES string of the molecule is CCOC1CC(NCc2ccccc2C2CC2)C1(C)C. The fourth-order valence-corrected chi connectivity index (χ4v) is 3.44. The highest BCUT2D eigenvalue weighted by molar-refractivity contribution is 5.33. The molecule has 2 unspecified atom stereocenters. The molecule has 2 saturated carbocycles. The summed E-state index contributed by atoms with van der Waals surface area (Å²) in [6.45, 7) is 8.55. The molecule has 0 spiro atoms. The average Bonchev–Trinajstić information content (AvgIpc) is 3.27. The van der Waals surface area contributed by atoms with E-state index in [4.69, 9.17) is 4.74 Å². The Bertz CT molecular complexity index is 464. The first-order valence-corrected chi connectivity index (χ1v) is 8.05. The zero-order valence-electron chi connectivity index (χ0n) is 13.0. The van der Waals surface area contributed by atoms with Crippen molar-refractivity contribution >= 4 is 0 Å². The number of hydrogen-bond donors (Lipinski definition) is 1. The largest absolute Gasteiger partial charge is 0.378 e. The first-order chi connectivity index (χ1) is 9.63. The van der Waals surface area contributed by atoms with Crippen molar-refractivity contribution in [1.29, 1.82) is 0 Å². The number of benzene rings is 1. The van der Waals surface area contributed by atoms with Gasteiger partial charge in [-0.3, -0.25) is 0 Å². The number of nitrogens with one attached hydrogen (secondary N) is 1. The lowest BCUT2D eigenvalue weighted by Crippen LogP contribution is -2.60. The summed E-state index contributed by atoms with van der Waals surface area (Å²) in [4.78, 5) is 0. The molecule has 0 aliphatic heterocycles. The molecule has 1 aromatic carbocycles. The topological polar surface area (TPSA) is 21.3 Å². The Morgan fingerprint density at radius 1 is 1.25 bits per heavy atom. The molecule has 0 bridgehead atoms. The normalized spacial score (nSPS) is 28.1. The Balaban J connectivity index is 1.58. The van der Waals surface area contributed by atoms with Crippen LogP contribution in [0.1, 0.15) is 57.1 Å². The van der Waals surface area contributed by atoms with Crippen LogP contribution in [-0.4, -0.2) is 18.8 Å². The van der Waals surface area contributed by atoms with Crippen LogP contribution in [0.25, 0.3) is 0 Å². The standard InChI is InChI=1S/C18H27NO/c1-4-20-17-11-16(18(17,2)3)19-12-14-7-5-6-8-15(14)13-9-10-13/h5-8,13,16-17,19H,4,9-12H2,1-3H3. The van der Waals surface area contributed by atoms with Gasteiger partial charge in [-0.15, -0.1) is 0 Å². The Labute approximate surface area is 122 Å². The van der Waals surface area contributed by atoms with Gasteiger partial charge in [-0.2, -0.15) is 0 Å². The van der Waals surface area contributed by atoms with Crippen LogP contribution >= 0.6 is 0 Å². The minimum Gasteiger partial charge on any atom is -0.378 e. The van der Waals surface area contributed by atoms with Gasteiger partial charge < -0.3 is 10.1 Å². The van der Waals surface area contributed by atoms with Crippen LogP contribution < -0.4 is 5.32 Å². The summed E-state index contributed by atoms with van der Waals surface area (Å²) in [5.41, 5.74) is 3.31. The number of ether oxygens (including phenoxy) is 1. The second-order valence-corrected chi connectivity index (χ2v) is 6.91. The lowest BCUT2D eigenvalue weighted by molar-refractivity contribution is -0.114. The molecule has 3 rings (SSSR count). The zero-order chi connectivity index (χ0) is 14.2. The van der Waals surface area contributed by atoms with Gasteiger partial charge in [0.1, 0.15) is 0 Å². The third-order valence-electron chi connectivity index (χ3n) is 5.16. The molecule has 2 heteroatoms. The molecule has 2 nitrogen and oxygen atoms in total. The lowest BCUT2D eigenvalue weighted by atomic mass is 9.64. The van der Waals surface area contributed by atoms with Gasteiger partial charge in [0.05, 0.1) is 6.10 Å². The van der Waals surface area contributed by atoms with Gasteiger partial charge in [-0.25, -0.2) is 0 Å². The number of rotatable bonds is 6. The van der Waals surface area contributed by atoms with E-state index in [2.05, 4.69) is 50.4 Å². The van der Waals surface area contributed by atoms with Gasteiger partial charge in [-0.1, -0.05) is 38.1 Å². The van der Waals surface area contributed by atoms with Gasteiger partial charge in [0.15, 0.2) is 0 Å². The van der Waals surface area contributed by atoms with E-state index in [9.17, 15) is 0 Å². The van der Waals surface area contributed by atoms with E-state index in [1.807, 2.05) is 0 Å². The third-order valence-corrected chi connectivity index (χ3v) is 5.16. The Kier molecular flexibility index (Phi) is 3.87. The van der Waals surface area contributed by atoms with Crippen molar-refractivity contribution in [1.82, 2.24) is 5.32 Å². The van der Waals surface area contributed by atoms with Gasteiger partial charge >= 0.3 is 0 Å². The Hall–Kier alpha value is -0.860. The fourth-order valence-electron chi connectivity index (χ4n) is 3.44. The van der Waals surface area contributed by atoms with E-state index >= 15 is 0 Å². The molecule has 2 atom stereocenters. The highest BCUT2D eigenvalue weighted by Gasteiger charge is 2.48. The van der Waals surface area contributed by atoms with Gasteiger partial charge in [0.2, 0.25) is 0 Å². The van der Waals surface area contributed by atoms with E-state index in [-0.39, 0.29) is 5.41 Å². The summed E-state index contributed by atoms with van der Waals surface area (Å²) in [7, 11) is 0. The first kappa shape index (κ1) is 14.1. The van der Waals surface area contributed by atoms with Crippen LogP contribution in [-0.2, 0) is 11.3 Å². The van der Waals surface area contributed by atoms with E-state index in [1.54, 1.807) is 5.56 Å². The second kappa shape index (κ2) is 5.50. The minimum absolute atomic E-state index is 0.254. The van der Waals surface area contributed by atoms with Crippen LogP contribution in [0.4, 0.5) is 0 Å². The highest BCUT2D eigenvalue weighted by atomic mass is 16.5. The summed E-state index contributed by atoms with van der Waals surface area (Å²) < 4.78 is 5.81. The molecule has 2 aliphatic carbocycles. The Morgan fingerprint density at radius 2 is 2.00 bits per heavy atom. The smallest absolute Gasteiger partial charge is 0.0655 e. The van der Waals surface area contributed by atoms with Gasteiger partial charge in [0, 0.05) is 24.6 Å². The van der Waals surface area contributed by atoms with Crippen LogP contribution in [0.5, 0.6) is 0 Å². The van der Waals surface area contributed by atoms with Crippen molar-refractivity contribution in [3.63, 3.8) is 0 Å². The molecular formula is C18H27NO. The van der Waals surface area contributed by atoms with E-state index in [0.29, 0.717) is 12.1 Å². The summed E-state index contributed by atoms with van der Waals surface area (Å²) in [5, 5.41) is 3.76. The van der Waals surface area contributed by atoms with Crippen molar-refractivity contribution in [3.05, 3.63) is 35.4 Å². The molecule has 2 aliphatic rings. The maximum Gasteiger partial charge on any atom is 0.0655 e. The molecule has 2 fully saturated rings. The molecule has 0 aromatic heterocycles. The average molecular weight is 273 g/mol. The zero-order valence-corrected chi connectivity index (χ0v) is 13.0. The molecule has 0 heterocycles. The Morgan fingerprint density at radius 3 is 2.65 bits per heavy atom. The van der Waals surface area contributed by atoms with E-state index < -0.39 is 0 Å². The van der Waals surface area contributed by atoms with Crippen LogP contribution in [0.2, 0.25) is 0 Å². The van der Waals surface area contributed by atoms with E-state index in [1.165, 1.54) is 18.4 Å². The maximum atomic E-state index is 5.81. The first-order valence-electron chi connectivity index (χ1n) is 8.05. The molecule has 1 aromatic rings. The van der Waals surface area contributed by atoms with Crippen molar-refractivity contribution in [3.8, 4) is 0 Å². The highest BCUT2D eigenvalue weighted by Crippen LogP contribution is 2.44. The van der Waals surface area contributed by atoms with Crippen LogP contribution in [0.15, 0.2) is 24.3 Å². The second-order valence-electron chi connectivity index (χ2n) is 6.91. The van der Waals surface area contributed by atoms with Crippen LogP contribution in [0.3, 0.4) is 0 Å². The molecule has 1 N–H and O–H groups in total. The van der Waals surface area contributed by atoms with Crippen LogP contribution in [0, 0.1) is 5.41 Å². The summed E-state index contributed by atoms with van der Waals surface area (Å²) in [6, 6.07) is 9.51. The van der Waals surface area contributed by atoms with Crippen molar-refractivity contribution in [2.24, 2.45) is 5.41 Å². The summed E-state index contributed by atoms with van der Waals surface area (Å²) >= 11 is 0. The molecular weight excluding hydrogens is 246 g/mol. The molecule has 20 heavy (non-hydrogen) atoms. The predicted molar refractivity (Wildman–Crippen MR) is 82.9 cm³/mol. The molecule has 0 saturated heterocycles. The lowest BCUT2D eigenvalue weighted by Gasteiger charge is -2.52. The van der Waals surface area contributed by atoms with Gasteiger partial charge in [0.25, 0.3) is 0 Å². The minimum atomic E-state index is 0.254. The fraction of sp³-hybridized carbons (Fsp3) is 0.667. The quantitative estimate of drug-likeness (QED) is 0.850. The predicted octanol–water partition coefficient (Wildman–Crippen LogP) is 3.86. The molecule has 0 radical (unpaired) electrons. The van der Waals surface area contributed by atoms with Crippen molar-refractivity contribution in [2.45, 2.75) is 64.6 Å². The molecule has 110 valence electrons. The summed E-state index contributed by atoms with van der Waals surface area (Å²) in [6.07, 6.45) is 4.31. The van der Waals surface area contributed by atoms with Crippen molar-refractivity contribution < 1.29 is 4.74 Å². The third kappa shape index (κ3) is 2.64. The summed E-state index contributed by atoms with van der Waals surface area (Å²) in [5.74, 6) is 0.832. The van der Waals surface area contributed by atoms with Crippen molar-refractivity contribution in [2.75, 3.05) is 6.61 Å². The number of hydrogen-bond acceptors (Lipinski definition) is 2. The monoisotopic (exact) mass is 273 g/mol. The van der Waals surface area contributed by atoms with E-state index in [0.717, 1.165) is 25.5 Å². The molecule has 0 amide bonds. The van der Waals surface area contributed by atoms with Gasteiger partial charge in [-0.05, 0) is 43.2 Å².